The average Bonchev–Trinajstić information content (AvgIpc) is 2.96. The minimum absolute atomic E-state index is 0.148. The lowest BCUT2D eigenvalue weighted by Gasteiger charge is -2.06. The van der Waals surface area contributed by atoms with Crippen LogP contribution in [0.1, 0.15) is 18.4 Å². The molecule has 2 N–H and O–H groups in total. The predicted octanol–water partition coefficient (Wildman–Crippen LogP) is 1.83. The van der Waals surface area contributed by atoms with Crippen molar-refractivity contribution in [3.8, 4) is 5.88 Å². The number of benzene rings is 1. The van der Waals surface area contributed by atoms with Gasteiger partial charge < -0.3 is 9.84 Å². The lowest BCUT2D eigenvalue weighted by molar-refractivity contribution is 0.118. The first kappa shape index (κ1) is 12.9. The van der Waals surface area contributed by atoms with Crippen molar-refractivity contribution in [2.24, 2.45) is 4.99 Å². The smallest absolute Gasteiger partial charge is 0.258 e. The van der Waals surface area contributed by atoms with E-state index >= 15 is 0 Å². The Morgan fingerprint density at radius 1 is 1.40 bits per heavy atom. The molecule has 1 atom stereocenters. The first-order valence-corrected chi connectivity index (χ1v) is 6.71. The Bertz CT molecular complexity index is 700. The number of aromatic amines is 1. The Hall–Kier alpha value is -2.14. The fourth-order valence-electron chi connectivity index (χ4n) is 2.47. The van der Waals surface area contributed by atoms with Crippen molar-refractivity contribution in [3.63, 3.8) is 0 Å². The van der Waals surface area contributed by atoms with E-state index in [4.69, 9.17) is 4.74 Å². The standard InChI is InChI=1S/C15H16N2O3/c18-14-12-6-2-1-5-11(12)13(15(19)17-14)9-16-8-10-4-3-7-20-10/h1-2,5-6,9-10H,3-4,7-8H2,(H2,17,18,19)/t10-/m1/s1. The van der Waals surface area contributed by atoms with Crippen molar-refractivity contribution in [2.75, 3.05) is 13.2 Å². The fourth-order valence-corrected chi connectivity index (χ4v) is 2.47. The second-order valence-electron chi connectivity index (χ2n) is 4.89. The van der Waals surface area contributed by atoms with Crippen LogP contribution in [-0.4, -0.2) is 35.6 Å². The number of hydrogen-bond donors (Lipinski definition) is 2. The van der Waals surface area contributed by atoms with Gasteiger partial charge in [0.25, 0.3) is 5.56 Å². The van der Waals surface area contributed by atoms with Crippen molar-refractivity contribution in [1.82, 2.24) is 4.98 Å². The second kappa shape index (κ2) is 5.46. The van der Waals surface area contributed by atoms with E-state index in [1.165, 1.54) is 0 Å². The van der Waals surface area contributed by atoms with Crippen LogP contribution in [0.5, 0.6) is 5.88 Å². The summed E-state index contributed by atoms with van der Waals surface area (Å²) in [5.74, 6) is -0.148. The van der Waals surface area contributed by atoms with Gasteiger partial charge >= 0.3 is 0 Å². The van der Waals surface area contributed by atoms with Gasteiger partial charge in [0.15, 0.2) is 0 Å². The number of fused-ring (bicyclic) bond motifs is 1. The maximum atomic E-state index is 11.8. The highest BCUT2D eigenvalue weighted by Crippen LogP contribution is 2.20. The van der Waals surface area contributed by atoms with Crippen molar-refractivity contribution < 1.29 is 9.84 Å². The summed E-state index contributed by atoms with van der Waals surface area (Å²) in [7, 11) is 0. The van der Waals surface area contributed by atoms with Crippen LogP contribution in [0.4, 0.5) is 0 Å². The number of aliphatic imine (C=N–C) groups is 1. The summed E-state index contributed by atoms with van der Waals surface area (Å²) in [6.07, 6.45) is 3.88. The molecule has 1 aromatic heterocycles. The van der Waals surface area contributed by atoms with Gasteiger partial charge in [0.2, 0.25) is 5.88 Å². The molecule has 0 radical (unpaired) electrons. The lowest BCUT2D eigenvalue weighted by atomic mass is 10.1. The Balaban J connectivity index is 1.94. The Labute approximate surface area is 115 Å². The third-order valence-corrected chi connectivity index (χ3v) is 3.50. The van der Waals surface area contributed by atoms with E-state index in [0.717, 1.165) is 19.4 Å². The van der Waals surface area contributed by atoms with Gasteiger partial charge in [-0.3, -0.25) is 14.8 Å². The number of nitrogens with zero attached hydrogens (tertiary/aromatic N) is 1. The third-order valence-electron chi connectivity index (χ3n) is 3.50. The van der Waals surface area contributed by atoms with Gasteiger partial charge in [0, 0.05) is 23.6 Å². The zero-order valence-corrected chi connectivity index (χ0v) is 11.0. The van der Waals surface area contributed by atoms with Gasteiger partial charge in [-0.2, -0.15) is 0 Å². The zero-order valence-electron chi connectivity index (χ0n) is 11.0. The molecule has 0 unspecified atom stereocenters. The maximum absolute atomic E-state index is 11.8. The highest BCUT2D eigenvalue weighted by molar-refractivity contribution is 6.01. The molecule has 0 bridgehead atoms. The molecule has 5 nitrogen and oxygen atoms in total. The van der Waals surface area contributed by atoms with E-state index in [2.05, 4.69) is 9.98 Å². The van der Waals surface area contributed by atoms with Crippen molar-refractivity contribution in [2.45, 2.75) is 18.9 Å². The van der Waals surface area contributed by atoms with Gasteiger partial charge in [-0.1, -0.05) is 18.2 Å². The molecule has 1 saturated heterocycles. The summed E-state index contributed by atoms with van der Waals surface area (Å²) < 4.78 is 5.49. The summed E-state index contributed by atoms with van der Waals surface area (Å²) >= 11 is 0. The van der Waals surface area contributed by atoms with Crippen molar-refractivity contribution in [3.05, 3.63) is 40.2 Å². The molecule has 1 aromatic carbocycles. The Kier molecular flexibility index (Phi) is 3.52. The number of pyridine rings is 1. The fraction of sp³-hybridized carbons (Fsp3) is 0.333. The summed E-state index contributed by atoms with van der Waals surface area (Å²) in [6, 6.07) is 7.16. The molecular weight excluding hydrogens is 256 g/mol. The molecule has 0 spiro atoms. The van der Waals surface area contributed by atoms with Crippen LogP contribution in [0.25, 0.3) is 10.8 Å². The van der Waals surface area contributed by atoms with E-state index in [1.807, 2.05) is 6.07 Å². The quantitative estimate of drug-likeness (QED) is 0.837. The van der Waals surface area contributed by atoms with E-state index in [9.17, 15) is 9.90 Å². The minimum Gasteiger partial charge on any atom is -0.494 e. The molecule has 3 rings (SSSR count). The monoisotopic (exact) mass is 272 g/mol. The van der Waals surface area contributed by atoms with Crippen LogP contribution in [0.15, 0.2) is 34.1 Å². The molecule has 2 heterocycles. The molecule has 1 aliphatic rings. The molecular formula is C15H16N2O3. The molecule has 0 amide bonds. The van der Waals surface area contributed by atoms with Gasteiger partial charge in [0.05, 0.1) is 18.2 Å². The van der Waals surface area contributed by atoms with Crippen molar-refractivity contribution in [1.29, 1.82) is 0 Å². The number of aromatic nitrogens is 1. The van der Waals surface area contributed by atoms with Gasteiger partial charge in [-0.05, 0) is 18.9 Å². The summed E-state index contributed by atoms with van der Waals surface area (Å²) in [4.78, 5) is 18.5. The van der Waals surface area contributed by atoms with E-state index in [1.54, 1.807) is 24.4 Å². The van der Waals surface area contributed by atoms with Crippen LogP contribution >= 0.6 is 0 Å². The normalized spacial score (nSPS) is 19.1. The highest BCUT2D eigenvalue weighted by atomic mass is 16.5. The lowest BCUT2D eigenvalue weighted by Crippen LogP contribution is -2.10. The number of ether oxygens (including phenoxy) is 1. The first-order valence-electron chi connectivity index (χ1n) is 6.71. The summed E-state index contributed by atoms with van der Waals surface area (Å²) in [5, 5.41) is 11.1. The van der Waals surface area contributed by atoms with Crippen molar-refractivity contribution >= 4 is 17.0 Å². The second-order valence-corrected chi connectivity index (χ2v) is 4.89. The molecule has 104 valence electrons. The van der Waals surface area contributed by atoms with E-state index in [0.29, 0.717) is 22.9 Å². The number of H-pyrrole nitrogens is 1. The number of aromatic hydroxyl groups is 1. The van der Waals surface area contributed by atoms with Crippen LogP contribution < -0.4 is 5.56 Å². The Morgan fingerprint density at radius 3 is 2.95 bits per heavy atom. The highest BCUT2D eigenvalue weighted by Gasteiger charge is 2.14. The molecule has 0 saturated carbocycles. The van der Waals surface area contributed by atoms with Crippen LogP contribution in [0, 0.1) is 0 Å². The molecule has 1 aliphatic heterocycles. The number of hydrogen-bond acceptors (Lipinski definition) is 4. The number of rotatable bonds is 3. The third kappa shape index (κ3) is 2.44. The van der Waals surface area contributed by atoms with Crippen LogP contribution in [-0.2, 0) is 4.74 Å². The van der Waals surface area contributed by atoms with Gasteiger partial charge in [-0.25, -0.2) is 0 Å². The van der Waals surface area contributed by atoms with Gasteiger partial charge in [0.1, 0.15) is 0 Å². The molecule has 20 heavy (non-hydrogen) atoms. The molecule has 0 aliphatic carbocycles. The summed E-state index contributed by atoms with van der Waals surface area (Å²) in [5.41, 5.74) is 0.243. The molecule has 1 fully saturated rings. The molecule has 5 heteroatoms. The van der Waals surface area contributed by atoms with Crippen LogP contribution in [0.3, 0.4) is 0 Å². The topological polar surface area (TPSA) is 74.7 Å². The number of nitrogens with one attached hydrogen (secondary N) is 1. The zero-order chi connectivity index (χ0) is 13.9. The SMILES string of the molecule is O=c1[nH]c(O)c(C=NC[C@H]2CCCO2)c2ccccc12. The summed E-state index contributed by atoms with van der Waals surface area (Å²) in [6.45, 7) is 1.37. The Morgan fingerprint density at radius 2 is 2.20 bits per heavy atom. The van der Waals surface area contributed by atoms with Crippen LogP contribution in [0.2, 0.25) is 0 Å². The average molecular weight is 272 g/mol. The predicted molar refractivity (Wildman–Crippen MR) is 77.7 cm³/mol. The largest absolute Gasteiger partial charge is 0.494 e. The first-order chi connectivity index (χ1) is 9.75. The van der Waals surface area contributed by atoms with E-state index < -0.39 is 0 Å². The van der Waals surface area contributed by atoms with Gasteiger partial charge in [-0.15, -0.1) is 0 Å². The van der Waals surface area contributed by atoms with E-state index in [-0.39, 0.29) is 17.5 Å². The minimum atomic E-state index is -0.297. The maximum Gasteiger partial charge on any atom is 0.258 e. The molecule has 2 aromatic rings.